The fourth-order valence-corrected chi connectivity index (χ4v) is 2.50. The highest BCUT2D eigenvalue weighted by Crippen LogP contribution is 2.38. The Labute approximate surface area is 107 Å². The van der Waals surface area contributed by atoms with Gasteiger partial charge in [-0.3, -0.25) is 4.98 Å². The molecule has 2 heterocycles. The smallest absolute Gasteiger partial charge is 0.148 e. The Bertz CT molecular complexity index is 554. The summed E-state index contributed by atoms with van der Waals surface area (Å²) in [4.78, 5) is 4.14. The quantitative estimate of drug-likeness (QED) is 0.876. The Hall–Kier alpha value is -1.87. The zero-order valence-electron chi connectivity index (χ0n) is 10.4. The number of fused-ring (bicyclic) bond motifs is 2. The lowest BCUT2D eigenvalue weighted by Gasteiger charge is -2.15. The second-order valence-corrected chi connectivity index (χ2v) is 4.58. The summed E-state index contributed by atoms with van der Waals surface area (Å²) < 4.78 is 5.99. The average Bonchev–Trinajstić information content (AvgIpc) is 2.56. The monoisotopic (exact) mass is 240 g/mol. The van der Waals surface area contributed by atoms with Gasteiger partial charge in [0, 0.05) is 18.7 Å². The van der Waals surface area contributed by atoms with Gasteiger partial charge >= 0.3 is 0 Å². The summed E-state index contributed by atoms with van der Waals surface area (Å²) in [6.07, 6.45) is 4.61. The fourth-order valence-electron chi connectivity index (χ4n) is 2.50. The molecule has 1 aliphatic heterocycles. The van der Waals surface area contributed by atoms with Gasteiger partial charge in [-0.05, 0) is 36.7 Å². The Kier molecular flexibility index (Phi) is 2.99. The number of ether oxygens (including phenoxy) is 1. The van der Waals surface area contributed by atoms with E-state index in [0.717, 1.165) is 24.5 Å². The van der Waals surface area contributed by atoms with Gasteiger partial charge in [0.1, 0.15) is 11.5 Å². The molecular formula is C15H16N2O. The van der Waals surface area contributed by atoms with Crippen molar-refractivity contribution in [1.29, 1.82) is 0 Å². The van der Waals surface area contributed by atoms with E-state index < -0.39 is 0 Å². The van der Waals surface area contributed by atoms with Gasteiger partial charge in [-0.1, -0.05) is 18.2 Å². The Morgan fingerprint density at radius 3 is 3.06 bits per heavy atom. The second kappa shape index (κ2) is 4.78. The van der Waals surface area contributed by atoms with Crippen LogP contribution < -0.4 is 10.1 Å². The molecule has 1 N–H and O–H groups in total. The van der Waals surface area contributed by atoms with E-state index in [4.69, 9.17) is 4.74 Å². The van der Waals surface area contributed by atoms with E-state index in [2.05, 4.69) is 22.4 Å². The molecule has 0 amide bonds. The van der Waals surface area contributed by atoms with E-state index in [1.807, 2.05) is 31.4 Å². The molecule has 0 saturated heterocycles. The summed E-state index contributed by atoms with van der Waals surface area (Å²) in [6, 6.07) is 10.3. The molecule has 1 atom stereocenters. The predicted molar refractivity (Wildman–Crippen MR) is 71.1 cm³/mol. The number of hydrogen-bond acceptors (Lipinski definition) is 3. The van der Waals surface area contributed by atoms with Crippen molar-refractivity contribution in [1.82, 2.24) is 10.3 Å². The number of pyridine rings is 1. The summed E-state index contributed by atoms with van der Waals surface area (Å²) >= 11 is 0. The van der Waals surface area contributed by atoms with Crippen LogP contribution in [0.5, 0.6) is 11.5 Å². The van der Waals surface area contributed by atoms with Crippen molar-refractivity contribution < 1.29 is 4.74 Å². The normalized spacial score (nSPS) is 17.3. The average molecular weight is 240 g/mol. The van der Waals surface area contributed by atoms with Crippen molar-refractivity contribution in [3.8, 4) is 11.5 Å². The maximum absolute atomic E-state index is 5.99. The maximum Gasteiger partial charge on any atom is 0.148 e. The van der Waals surface area contributed by atoms with Crippen LogP contribution in [0.4, 0.5) is 0 Å². The van der Waals surface area contributed by atoms with E-state index in [0.29, 0.717) is 5.92 Å². The number of likely N-dealkylation sites (N-methyl/N-ethyl adjacent to an activating group) is 1. The summed E-state index contributed by atoms with van der Waals surface area (Å²) in [6.45, 7) is 0.947. The Balaban J connectivity index is 2.08. The number of aromatic nitrogens is 1. The number of rotatable bonds is 2. The van der Waals surface area contributed by atoms with Gasteiger partial charge in [0.05, 0.1) is 6.20 Å². The molecule has 2 aromatic rings. The lowest BCUT2D eigenvalue weighted by molar-refractivity contribution is 0.475. The molecular weight excluding hydrogens is 224 g/mol. The lowest BCUT2D eigenvalue weighted by Crippen LogP contribution is -2.18. The van der Waals surface area contributed by atoms with Crippen molar-refractivity contribution in [3.05, 3.63) is 53.9 Å². The summed E-state index contributed by atoms with van der Waals surface area (Å²) in [5.41, 5.74) is 2.49. The zero-order valence-corrected chi connectivity index (χ0v) is 10.4. The van der Waals surface area contributed by atoms with Gasteiger partial charge in [-0.2, -0.15) is 0 Å². The molecule has 18 heavy (non-hydrogen) atoms. The van der Waals surface area contributed by atoms with E-state index in [-0.39, 0.29) is 0 Å². The maximum atomic E-state index is 5.99. The second-order valence-electron chi connectivity index (χ2n) is 4.58. The van der Waals surface area contributed by atoms with Crippen LogP contribution in [-0.4, -0.2) is 18.6 Å². The molecule has 3 nitrogen and oxygen atoms in total. The molecule has 3 heteroatoms. The van der Waals surface area contributed by atoms with E-state index in [1.165, 1.54) is 11.1 Å². The van der Waals surface area contributed by atoms with Crippen LogP contribution >= 0.6 is 0 Å². The van der Waals surface area contributed by atoms with Crippen molar-refractivity contribution in [2.45, 2.75) is 12.3 Å². The van der Waals surface area contributed by atoms with Crippen LogP contribution in [-0.2, 0) is 6.42 Å². The highest BCUT2D eigenvalue weighted by Gasteiger charge is 2.22. The molecule has 0 spiro atoms. The Morgan fingerprint density at radius 2 is 2.17 bits per heavy atom. The highest BCUT2D eigenvalue weighted by atomic mass is 16.5. The minimum absolute atomic E-state index is 0.440. The van der Waals surface area contributed by atoms with E-state index in [9.17, 15) is 0 Å². The molecule has 0 unspecified atom stereocenters. The predicted octanol–water partition coefficient (Wildman–Crippen LogP) is 2.73. The number of benzene rings is 1. The molecule has 1 aromatic carbocycles. The van der Waals surface area contributed by atoms with Crippen molar-refractivity contribution in [2.75, 3.05) is 13.6 Å². The van der Waals surface area contributed by atoms with Gasteiger partial charge in [0.2, 0.25) is 0 Å². The first kappa shape index (κ1) is 11.2. The van der Waals surface area contributed by atoms with E-state index >= 15 is 0 Å². The van der Waals surface area contributed by atoms with Gasteiger partial charge in [0.15, 0.2) is 0 Å². The minimum atomic E-state index is 0.440. The molecule has 0 aliphatic carbocycles. The zero-order chi connectivity index (χ0) is 12.4. The van der Waals surface area contributed by atoms with Crippen LogP contribution in [0, 0.1) is 0 Å². The summed E-state index contributed by atoms with van der Waals surface area (Å²) in [7, 11) is 1.99. The van der Waals surface area contributed by atoms with Gasteiger partial charge in [-0.25, -0.2) is 0 Å². The van der Waals surface area contributed by atoms with E-state index in [1.54, 1.807) is 6.20 Å². The molecule has 1 aromatic heterocycles. The van der Waals surface area contributed by atoms with Crippen LogP contribution in [0.15, 0.2) is 42.7 Å². The third kappa shape index (κ3) is 1.97. The van der Waals surface area contributed by atoms with Crippen molar-refractivity contribution >= 4 is 0 Å². The van der Waals surface area contributed by atoms with Crippen LogP contribution in [0.25, 0.3) is 0 Å². The molecule has 0 fully saturated rings. The Morgan fingerprint density at radius 1 is 1.28 bits per heavy atom. The highest BCUT2D eigenvalue weighted by molar-refractivity contribution is 5.46. The molecule has 0 radical (unpaired) electrons. The summed E-state index contributed by atoms with van der Waals surface area (Å²) in [5, 5.41) is 3.27. The van der Waals surface area contributed by atoms with Crippen molar-refractivity contribution in [2.24, 2.45) is 0 Å². The van der Waals surface area contributed by atoms with Crippen molar-refractivity contribution in [3.63, 3.8) is 0 Å². The first-order valence-corrected chi connectivity index (χ1v) is 6.22. The van der Waals surface area contributed by atoms with Gasteiger partial charge in [-0.15, -0.1) is 0 Å². The first-order chi connectivity index (χ1) is 8.88. The van der Waals surface area contributed by atoms with Crippen LogP contribution in [0.3, 0.4) is 0 Å². The third-order valence-corrected chi connectivity index (χ3v) is 3.37. The molecule has 92 valence electrons. The standard InChI is InChI=1S/C15H16N2O/c1-16-9-12-8-11-6-7-17-10-15(11)18-14-5-3-2-4-13(12)14/h2-7,10,12,16H,8-9H2,1H3/t12-/m1/s1. The molecule has 1 aliphatic rings. The SMILES string of the molecule is CNC[C@H]1Cc2ccncc2Oc2ccccc21. The molecule has 0 saturated carbocycles. The summed E-state index contributed by atoms with van der Waals surface area (Å²) in [5.74, 6) is 2.27. The first-order valence-electron chi connectivity index (χ1n) is 6.22. The third-order valence-electron chi connectivity index (χ3n) is 3.37. The topological polar surface area (TPSA) is 34.2 Å². The van der Waals surface area contributed by atoms with Crippen LogP contribution in [0.1, 0.15) is 17.0 Å². The number of hydrogen-bond donors (Lipinski definition) is 1. The van der Waals surface area contributed by atoms with Gasteiger partial charge in [0.25, 0.3) is 0 Å². The fraction of sp³-hybridized carbons (Fsp3) is 0.267. The number of para-hydroxylation sites is 1. The lowest BCUT2D eigenvalue weighted by atomic mass is 9.92. The number of nitrogens with one attached hydrogen (secondary N) is 1. The minimum Gasteiger partial charge on any atom is -0.455 e. The van der Waals surface area contributed by atoms with Crippen LogP contribution in [0.2, 0.25) is 0 Å². The molecule has 3 rings (SSSR count). The molecule has 0 bridgehead atoms. The largest absolute Gasteiger partial charge is 0.455 e. The number of nitrogens with zero attached hydrogens (tertiary/aromatic N) is 1. The van der Waals surface area contributed by atoms with Gasteiger partial charge < -0.3 is 10.1 Å².